The van der Waals surface area contributed by atoms with Gasteiger partial charge in [0.2, 0.25) is 5.91 Å². The molecular weight excluding hydrogens is 358 g/mol. The Hall–Kier alpha value is -1.32. The molecule has 0 spiro atoms. The first-order valence-corrected chi connectivity index (χ1v) is 12.0. The molecule has 1 aromatic heterocycles. The molecule has 1 aromatic rings. The molecule has 4 unspecified atom stereocenters. The lowest BCUT2D eigenvalue weighted by Crippen LogP contribution is -2.38. The van der Waals surface area contributed by atoms with Gasteiger partial charge >= 0.3 is 0 Å². The van der Waals surface area contributed by atoms with Gasteiger partial charge in [-0.05, 0) is 61.8 Å². The van der Waals surface area contributed by atoms with Crippen molar-refractivity contribution in [2.45, 2.75) is 105 Å². The number of rotatable bonds is 13. The first-order valence-electron chi connectivity index (χ1n) is 12.0. The van der Waals surface area contributed by atoms with Crippen LogP contribution in [0, 0.1) is 23.7 Å². The molecule has 1 saturated heterocycles. The summed E-state index contributed by atoms with van der Waals surface area (Å²) in [5, 5.41) is 4.52. The monoisotopic (exact) mass is 403 g/mol. The van der Waals surface area contributed by atoms with Gasteiger partial charge in [0.25, 0.3) is 0 Å². The van der Waals surface area contributed by atoms with Crippen LogP contribution in [0.3, 0.4) is 0 Å². The lowest BCUT2D eigenvalue weighted by Gasteiger charge is -2.32. The molecule has 166 valence electrons. The summed E-state index contributed by atoms with van der Waals surface area (Å²) in [6, 6.07) is 2.98. The largest absolute Gasteiger partial charge is 0.340 e. The summed E-state index contributed by atoms with van der Waals surface area (Å²) < 4.78 is 2.16. The first kappa shape index (κ1) is 24.0. The molecule has 4 heteroatoms. The maximum Gasteiger partial charge on any atom is 0.222 e. The summed E-state index contributed by atoms with van der Waals surface area (Å²) in [5.41, 5.74) is 0. The second kappa shape index (κ2) is 11.8. The summed E-state index contributed by atoms with van der Waals surface area (Å²) in [4.78, 5) is 14.5. The van der Waals surface area contributed by atoms with Crippen molar-refractivity contribution in [1.82, 2.24) is 14.7 Å². The molecule has 1 amide bonds. The molecule has 0 bridgehead atoms. The normalized spacial score (nSPS) is 19.2. The lowest BCUT2D eigenvalue weighted by molar-refractivity contribution is -0.130. The van der Waals surface area contributed by atoms with Crippen molar-refractivity contribution < 1.29 is 4.79 Å². The average molecular weight is 404 g/mol. The Morgan fingerprint density at radius 2 is 1.48 bits per heavy atom. The number of carbonyl (C=O) groups is 1. The second-order valence-corrected chi connectivity index (χ2v) is 10.5. The summed E-state index contributed by atoms with van der Waals surface area (Å²) in [6.45, 7) is 14.9. The third kappa shape index (κ3) is 8.14. The Morgan fingerprint density at radius 1 is 0.897 bits per heavy atom. The fraction of sp³-hybridized carbons (Fsp3) is 0.840. The molecule has 4 atom stereocenters. The topological polar surface area (TPSA) is 38.1 Å². The van der Waals surface area contributed by atoms with Crippen LogP contribution in [-0.2, 0) is 4.79 Å². The Kier molecular flexibility index (Phi) is 9.71. The van der Waals surface area contributed by atoms with E-state index >= 15 is 0 Å². The van der Waals surface area contributed by atoms with Crippen molar-refractivity contribution >= 4 is 5.91 Å². The van der Waals surface area contributed by atoms with Crippen LogP contribution in [0.15, 0.2) is 18.5 Å². The molecule has 29 heavy (non-hydrogen) atoms. The smallest absolute Gasteiger partial charge is 0.222 e. The molecule has 0 N–H and O–H groups in total. The van der Waals surface area contributed by atoms with Crippen LogP contribution in [0.25, 0.3) is 0 Å². The number of nitrogens with zero attached hydrogens (tertiary/aromatic N) is 3. The van der Waals surface area contributed by atoms with E-state index in [2.05, 4.69) is 62.4 Å². The minimum Gasteiger partial charge on any atom is -0.340 e. The zero-order valence-electron chi connectivity index (χ0n) is 19.8. The van der Waals surface area contributed by atoms with Gasteiger partial charge in [0, 0.05) is 31.4 Å². The summed E-state index contributed by atoms with van der Waals surface area (Å²) in [6.07, 6.45) is 13.0. The minimum atomic E-state index is 0.381. The molecule has 1 aliphatic rings. The maximum absolute atomic E-state index is 12.3. The summed E-state index contributed by atoms with van der Waals surface area (Å²) >= 11 is 0. The highest BCUT2D eigenvalue weighted by atomic mass is 16.2. The van der Waals surface area contributed by atoms with Crippen LogP contribution >= 0.6 is 0 Å². The summed E-state index contributed by atoms with van der Waals surface area (Å²) in [5.74, 6) is 3.08. The van der Waals surface area contributed by atoms with Gasteiger partial charge in [-0.15, -0.1) is 0 Å². The highest BCUT2D eigenvalue weighted by Gasteiger charge is 2.29. The van der Waals surface area contributed by atoms with E-state index in [1.54, 1.807) is 0 Å². The van der Waals surface area contributed by atoms with Crippen molar-refractivity contribution in [2.75, 3.05) is 6.54 Å². The molecule has 0 saturated carbocycles. The average Bonchev–Trinajstić information content (AvgIpc) is 3.29. The number of amides is 1. The van der Waals surface area contributed by atoms with Crippen molar-refractivity contribution in [1.29, 1.82) is 0 Å². The van der Waals surface area contributed by atoms with Gasteiger partial charge in [-0.2, -0.15) is 5.10 Å². The Labute approximate surface area is 179 Å². The van der Waals surface area contributed by atoms with E-state index in [0.29, 0.717) is 41.7 Å². The highest BCUT2D eigenvalue weighted by Crippen LogP contribution is 2.30. The van der Waals surface area contributed by atoms with Crippen molar-refractivity contribution in [3.8, 4) is 0 Å². The van der Waals surface area contributed by atoms with Gasteiger partial charge in [-0.3, -0.25) is 9.48 Å². The molecule has 2 rings (SSSR count). The molecule has 0 radical (unpaired) electrons. The highest BCUT2D eigenvalue weighted by molar-refractivity contribution is 5.78. The SMILES string of the molecule is CC(C)CC(CC(C)CCC(C)CC(CC(C)C)n1cccn1)N1CCCC1=O. The number of aromatic nitrogens is 2. The second-order valence-electron chi connectivity index (χ2n) is 10.5. The fourth-order valence-electron chi connectivity index (χ4n) is 5.04. The quantitative estimate of drug-likeness (QED) is 0.385. The predicted octanol–water partition coefficient (Wildman–Crippen LogP) is 6.34. The minimum absolute atomic E-state index is 0.381. The fourth-order valence-corrected chi connectivity index (χ4v) is 5.04. The van der Waals surface area contributed by atoms with E-state index in [9.17, 15) is 4.79 Å². The van der Waals surface area contributed by atoms with Crippen LogP contribution < -0.4 is 0 Å². The third-order valence-corrected chi connectivity index (χ3v) is 6.44. The molecule has 2 heterocycles. The van der Waals surface area contributed by atoms with Crippen molar-refractivity contribution in [3.05, 3.63) is 18.5 Å². The van der Waals surface area contributed by atoms with E-state index in [1.165, 1.54) is 25.7 Å². The van der Waals surface area contributed by atoms with Gasteiger partial charge in [-0.1, -0.05) is 54.4 Å². The molecule has 0 aliphatic carbocycles. The Bertz CT molecular complexity index is 581. The molecule has 0 aromatic carbocycles. The van der Waals surface area contributed by atoms with Crippen molar-refractivity contribution in [3.63, 3.8) is 0 Å². The van der Waals surface area contributed by atoms with E-state index in [0.717, 1.165) is 32.2 Å². The van der Waals surface area contributed by atoms with Crippen LogP contribution in [0.4, 0.5) is 0 Å². The summed E-state index contributed by atoms with van der Waals surface area (Å²) in [7, 11) is 0. The molecule has 1 aliphatic heterocycles. The van der Waals surface area contributed by atoms with E-state index in [4.69, 9.17) is 0 Å². The van der Waals surface area contributed by atoms with Gasteiger partial charge in [-0.25, -0.2) is 0 Å². The third-order valence-electron chi connectivity index (χ3n) is 6.44. The zero-order chi connectivity index (χ0) is 21.4. The maximum atomic E-state index is 12.3. The van der Waals surface area contributed by atoms with Crippen LogP contribution in [0.2, 0.25) is 0 Å². The van der Waals surface area contributed by atoms with Crippen LogP contribution in [-0.4, -0.2) is 33.2 Å². The van der Waals surface area contributed by atoms with E-state index in [1.807, 2.05) is 12.3 Å². The van der Waals surface area contributed by atoms with Crippen LogP contribution in [0.1, 0.15) is 99.0 Å². The zero-order valence-corrected chi connectivity index (χ0v) is 19.8. The lowest BCUT2D eigenvalue weighted by atomic mass is 9.86. The molecular formula is C25H45N3O. The standard InChI is InChI=1S/C25H45N3O/c1-19(2)15-23(27-13-7-9-25(27)29)17-21(5)10-11-22(6)18-24(16-20(3)4)28-14-8-12-26-28/h8,12,14,19-24H,7,9-11,13,15-18H2,1-6H3. The Balaban J connectivity index is 1.84. The molecule has 1 fully saturated rings. The predicted molar refractivity (Wildman–Crippen MR) is 122 cm³/mol. The van der Waals surface area contributed by atoms with Gasteiger partial charge < -0.3 is 4.90 Å². The van der Waals surface area contributed by atoms with Crippen LogP contribution in [0.5, 0.6) is 0 Å². The van der Waals surface area contributed by atoms with Gasteiger partial charge in [0.1, 0.15) is 0 Å². The Morgan fingerprint density at radius 3 is 1.97 bits per heavy atom. The number of carbonyl (C=O) groups excluding carboxylic acids is 1. The first-order chi connectivity index (χ1) is 13.8. The van der Waals surface area contributed by atoms with E-state index < -0.39 is 0 Å². The van der Waals surface area contributed by atoms with Gasteiger partial charge in [0.05, 0.1) is 6.04 Å². The van der Waals surface area contributed by atoms with E-state index in [-0.39, 0.29) is 0 Å². The number of hydrogen-bond donors (Lipinski definition) is 0. The van der Waals surface area contributed by atoms with Crippen molar-refractivity contribution in [2.24, 2.45) is 23.7 Å². The molecule has 4 nitrogen and oxygen atoms in total. The number of hydrogen-bond acceptors (Lipinski definition) is 2. The number of likely N-dealkylation sites (tertiary alicyclic amines) is 1. The van der Waals surface area contributed by atoms with Gasteiger partial charge in [0.15, 0.2) is 0 Å².